The van der Waals surface area contributed by atoms with Crippen LogP contribution in [0, 0.1) is 0 Å². The van der Waals surface area contributed by atoms with E-state index in [9.17, 15) is 0 Å². The number of thiazole rings is 1. The van der Waals surface area contributed by atoms with E-state index < -0.39 is 0 Å². The van der Waals surface area contributed by atoms with Gasteiger partial charge in [0.15, 0.2) is 0 Å². The van der Waals surface area contributed by atoms with Gasteiger partial charge in [0, 0.05) is 29.9 Å². The van der Waals surface area contributed by atoms with E-state index in [0.29, 0.717) is 0 Å². The third kappa shape index (κ3) is 3.15. The summed E-state index contributed by atoms with van der Waals surface area (Å²) < 4.78 is 0. The summed E-state index contributed by atoms with van der Waals surface area (Å²) in [5.74, 6) is 2.59. The Labute approximate surface area is 120 Å². The van der Waals surface area contributed by atoms with Gasteiger partial charge in [-0.1, -0.05) is 6.07 Å². The van der Waals surface area contributed by atoms with Gasteiger partial charge in [-0.25, -0.2) is 4.98 Å². The Balaban J connectivity index is 1.66. The maximum absolute atomic E-state index is 4.54. The van der Waals surface area contributed by atoms with Crippen LogP contribution in [0.1, 0.15) is 11.3 Å². The van der Waals surface area contributed by atoms with Crippen LogP contribution in [0.2, 0.25) is 0 Å². The lowest BCUT2D eigenvalue weighted by molar-refractivity contribution is 0.290. The van der Waals surface area contributed by atoms with Crippen molar-refractivity contribution in [2.45, 2.75) is 13.0 Å². The fourth-order valence-corrected chi connectivity index (χ4v) is 4.75. The normalized spacial score (nSPS) is 17.8. The van der Waals surface area contributed by atoms with Crippen molar-refractivity contribution in [3.63, 3.8) is 0 Å². The van der Waals surface area contributed by atoms with E-state index in [1.807, 2.05) is 11.3 Å². The molecule has 96 valence electrons. The van der Waals surface area contributed by atoms with Crippen molar-refractivity contribution in [1.29, 1.82) is 0 Å². The van der Waals surface area contributed by atoms with Gasteiger partial charge >= 0.3 is 0 Å². The summed E-state index contributed by atoms with van der Waals surface area (Å²) in [6.07, 6.45) is 3.37. The van der Waals surface area contributed by atoms with Crippen LogP contribution in [0.15, 0.2) is 23.7 Å². The molecule has 0 atom stereocenters. The molecule has 0 N–H and O–H groups in total. The predicted molar refractivity (Wildman–Crippen MR) is 82.6 cm³/mol. The molecule has 2 nitrogen and oxygen atoms in total. The minimum Gasteiger partial charge on any atom is -0.297 e. The quantitative estimate of drug-likeness (QED) is 0.857. The van der Waals surface area contributed by atoms with E-state index in [-0.39, 0.29) is 0 Å². The zero-order valence-corrected chi connectivity index (χ0v) is 12.6. The smallest absolute Gasteiger partial charge is 0.133 e. The highest BCUT2D eigenvalue weighted by Crippen LogP contribution is 2.29. The molecule has 5 heteroatoms. The fraction of sp³-hybridized carbons (Fsp3) is 0.462. The van der Waals surface area contributed by atoms with E-state index >= 15 is 0 Å². The highest BCUT2D eigenvalue weighted by Gasteiger charge is 2.12. The van der Waals surface area contributed by atoms with Gasteiger partial charge in [0.1, 0.15) is 5.01 Å². The Hall–Kier alpha value is -0.360. The Kier molecular flexibility index (Phi) is 4.36. The van der Waals surface area contributed by atoms with Crippen molar-refractivity contribution in [2.24, 2.45) is 0 Å². The number of aromatic nitrogens is 1. The van der Waals surface area contributed by atoms with Gasteiger partial charge in [-0.15, -0.1) is 22.7 Å². The van der Waals surface area contributed by atoms with Crippen molar-refractivity contribution in [1.82, 2.24) is 9.88 Å². The standard InChI is InChI=1S/C13H16N2S3/c1-3-12(17-7-1)13-14-9-11(18-13)10-15-4-2-6-16-8-5-15/h1,3,7,9H,2,4-6,8,10H2. The van der Waals surface area contributed by atoms with Gasteiger partial charge in [-0.3, -0.25) is 4.90 Å². The molecule has 1 aliphatic heterocycles. The molecular weight excluding hydrogens is 280 g/mol. The molecule has 2 aromatic heterocycles. The van der Waals surface area contributed by atoms with Gasteiger partial charge in [0.05, 0.1) is 4.88 Å². The SMILES string of the molecule is c1csc(-c2ncc(CN3CCCSCC3)s2)c1. The summed E-state index contributed by atoms with van der Waals surface area (Å²) in [5, 5.41) is 3.28. The molecule has 1 aliphatic rings. The summed E-state index contributed by atoms with van der Waals surface area (Å²) in [6, 6.07) is 4.24. The molecule has 1 fully saturated rings. The zero-order valence-electron chi connectivity index (χ0n) is 10.2. The molecule has 0 radical (unpaired) electrons. The number of hydrogen-bond donors (Lipinski definition) is 0. The monoisotopic (exact) mass is 296 g/mol. The van der Waals surface area contributed by atoms with E-state index in [1.165, 1.54) is 45.8 Å². The number of hydrogen-bond acceptors (Lipinski definition) is 5. The Morgan fingerprint density at radius 3 is 3.17 bits per heavy atom. The number of thiophene rings is 1. The van der Waals surface area contributed by atoms with Crippen molar-refractivity contribution in [3.8, 4) is 9.88 Å². The van der Waals surface area contributed by atoms with Gasteiger partial charge in [-0.05, 0) is 30.2 Å². The number of rotatable bonds is 3. The molecule has 0 unspecified atom stereocenters. The van der Waals surface area contributed by atoms with Crippen molar-refractivity contribution < 1.29 is 0 Å². The first-order valence-corrected chi connectivity index (χ1v) is 9.05. The van der Waals surface area contributed by atoms with Crippen LogP contribution >= 0.6 is 34.4 Å². The molecule has 3 rings (SSSR count). The highest BCUT2D eigenvalue weighted by molar-refractivity contribution is 7.99. The lowest BCUT2D eigenvalue weighted by atomic mass is 10.4. The molecule has 0 aromatic carbocycles. The summed E-state index contributed by atoms with van der Waals surface area (Å²) in [4.78, 5) is 9.79. The van der Waals surface area contributed by atoms with Gasteiger partial charge in [0.2, 0.25) is 0 Å². The second kappa shape index (κ2) is 6.19. The van der Waals surface area contributed by atoms with E-state index in [4.69, 9.17) is 0 Å². The number of nitrogens with zero attached hydrogens (tertiary/aromatic N) is 2. The Morgan fingerprint density at radius 2 is 2.28 bits per heavy atom. The minimum absolute atomic E-state index is 1.07. The van der Waals surface area contributed by atoms with Crippen LogP contribution in [0.5, 0.6) is 0 Å². The summed E-state index contributed by atoms with van der Waals surface area (Å²) in [6.45, 7) is 3.53. The third-order valence-electron chi connectivity index (χ3n) is 2.98. The van der Waals surface area contributed by atoms with E-state index in [2.05, 4.69) is 45.4 Å². The maximum Gasteiger partial charge on any atom is 0.133 e. The predicted octanol–water partition coefficient (Wildman–Crippen LogP) is 3.81. The van der Waals surface area contributed by atoms with Crippen molar-refractivity contribution in [3.05, 3.63) is 28.6 Å². The number of thioether (sulfide) groups is 1. The third-order valence-corrected chi connectivity index (χ3v) is 6.05. The molecule has 0 amide bonds. The molecule has 0 bridgehead atoms. The average molecular weight is 296 g/mol. The van der Waals surface area contributed by atoms with Crippen molar-refractivity contribution >= 4 is 34.4 Å². The van der Waals surface area contributed by atoms with Crippen LogP contribution in [-0.4, -0.2) is 34.5 Å². The molecule has 3 heterocycles. The molecule has 2 aromatic rings. The first-order valence-electron chi connectivity index (χ1n) is 6.20. The van der Waals surface area contributed by atoms with Crippen LogP contribution in [0.25, 0.3) is 9.88 Å². The summed E-state index contributed by atoms with van der Waals surface area (Å²) in [5.41, 5.74) is 0. The Bertz CT molecular complexity index is 470. The second-order valence-electron chi connectivity index (χ2n) is 4.35. The van der Waals surface area contributed by atoms with Crippen LogP contribution in [0.4, 0.5) is 0 Å². The van der Waals surface area contributed by atoms with Gasteiger partial charge < -0.3 is 0 Å². The fourth-order valence-electron chi connectivity index (χ4n) is 2.07. The van der Waals surface area contributed by atoms with E-state index in [0.717, 1.165) is 6.54 Å². The van der Waals surface area contributed by atoms with Crippen molar-refractivity contribution in [2.75, 3.05) is 24.6 Å². The average Bonchev–Trinajstić information content (AvgIpc) is 2.98. The first kappa shape index (κ1) is 12.7. The maximum atomic E-state index is 4.54. The summed E-state index contributed by atoms with van der Waals surface area (Å²) in [7, 11) is 0. The lowest BCUT2D eigenvalue weighted by Crippen LogP contribution is -2.24. The second-order valence-corrected chi connectivity index (χ2v) is 7.64. The lowest BCUT2D eigenvalue weighted by Gasteiger charge is -2.17. The van der Waals surface area contributed by atoms with Crippen LogP contribution in [-0.2, 0) is 6.54 Å². The van der Waals surface area contributed by atoms with Gasteiger partial charge in [-0.2, -0.15) is 11.8 Å². The van der Waals surface area contributed by atoms with Crippen LogP contribution < -0.4 is 0 Å². The zero-order chi connectivity index (χ0) is 12.2. The Morgan fingerprint density at radius 1 is 1.28 bits per heavy atom. The molecule has 0 spiro atoms. The van der Waals surface area contributed by atoms with Crippen LogP contribution in [0.3, 0.4) is 0 Å². The molecule has 0 aliphatic carbocycles. The first-order chi connectivity index (χ1) is 8.92. The van der Waals surface area contributed by atoms with E-state index in [1.54, 1.807) is 11.3 Å². The highest BCUT2D eigenvalue weighted by atomic mass is 32.2. The summed E-state index contributed by atoms with van der Waals surface area (Å²) >= 11 is 5.69. The van der Waals surface area contributed by atoms with Gasteiger partial charge in [0.25, 0.3) is 0 Å². The largest absolute Gasteiger partial charge is 0.297 e. The topological polar surface area (TPSA) is 16.1 Å². The molecule has 18 heavy (non-hydrogen) atoms. The molecule has 1 saturated heterocycles. The molecule has 0 saturated carbocycles. The minimum atomic E-state index is 1.07. The molecular formula is C13H16N2S3.